The number of hydrogen-bond donors (Lipinski definition) is 2. The third-order valence-electron chi connectivity index (χ3n) is 3.59. The molecule has 0 bridgehead atoms. The smallest absolute Gasteiger partial charge is 0.310 e. The van der Waals surface area contributed by atoms with Crippen LogP contribution >= 0.6 is 0 Å². The Bertz CT molecular complexity index is 835. The van der Waals surface area contributed by atoms with Gasteiger partial charge in [-0.3, -0.25) is 19.7 Å². The number of hydrogen-bond acceptors (Lipinski definition) is 6. The van der Waals surface area contributed by atoms with Crippen molar-refractivity contribution in [3.63, 3.8) is 0 Å². The van der Waals surface area contributed by atoms with E-state index in [0.29, 0.717) is 0 Å². The Balaban J connectivity index is 1.86. The van der Waals surface area contributed by atoms with Gasteiger partial charge in [0.25, 0.3) is 5.69 Å². The molecule has 0 unspecified atom stereocenters. The minimum atomic E-state index is -0.746. The predicted molar refractivity (Wildman–Crippen MR) is 95.9 cm³/mol. The Morgan fingerprint density at radius 2 is 2.00 bits per heavy atom. The number of esters is 1. The Hall–Kier alpha value is -3.42. The molecule has 0 aliphatic carbocycles. The van der Waals surface area contributed by atoms with Gasteiger partial charge in [-0.1, -0.05) is 29.8 Å². The van der Waals surface area contributed by atoms with E-state index in [-0.39, 0.29) is 42.5 Å². The number of nitrogens with one attached hydrogen (secondary N) is 1. The lowest BCUT2D eigenvalue weighted by Crippen LogP contribution is -2.16. The molecule has 2 rings (SSSR count). The topological polar surface area (TPSA) is 125 Å². The number of ether oxygens (including phenoxy) is 1. The Labute approximate surface area is 150 Å². The first-order valence-electron chi connectivity index (χ1n) is 7.90. The van der Waals surface area contributed by atoms with Crippen molar-refractivity contribution in [2.75, 3.05) is 18.5 Å². The summed E-state index contributed by atoms with van der Waals surface area (Å²) in [5.41, 5.74) is 7.04. The van der Waals surface area contributed by atoms with Crippen LogP contribution in [0.15, 0.2) is 42.5 Å². The number of nitro groups is 1. The maximum Gasteiger partial charge on any atom is 0.310 e. The van der Waals surface area contributed by atoms with Crippen LogP contribution in [0.1, 0.15) is 21.5 Å². The number of rotatable bonds is 8. The SMILES string of the molecule is Cc1cccc(CC(=O)OCCNc2ccc(C(N)=O)cc2[N+](=O)[O-])c1. The van der Waals surface area contributed by atoms with Crippen molar-refractivity contribution in [1.29, 1.82) is 0 Å². The van der Waals surface area contributed by atoms with Crippen LogP contribution in [-0.4, -0.2) is 30.0 Å². The fourth-order valence-corrected chi connectivity index (χ4v) is 2.38. The molecule has 1 amide bonds. The monoisotopic (exact) mass is 357 g/mol. The lowest BCUT2D eigenvalue weighted by molar-refractivity contribution is -0.384. The molecule has 26 heavy (non-hydrogen) atoms. The molecule has 8 nitrogen and oxygen atoms in total. The van der Waals surface area contributed by atoms with Crippen molar-refractivity contribution in [3.05, 3.63) is 69.3 Å². The second kappa shape index (κ2) is 8.61. The molecule has 0 aliphatic heterocycles. The van der Waals surface area contributed by atoms with Gasteiger partial charge in [-0.25, -0.2) is 0 Å². The molecule has 136 valence electrons. The van der Waals surface area contributed by atoms with E-state index in [0.717, 1.165) is 17.2 Å². The van der Waals surface area contributed by atoms with Gasteiger partial charge in [-0.15, -0.1) is 0 Å². The van der Waals surface area contributed by atoms with Gasteiger partial charge in [0.1, 0.15) is 12.3 Å². The Morgan fingerprint density at radius 3 is 2.65 bits per heavy atom. The predicted octanol–water partition coefficient (Wildman–Crippen LogP) is 2.20. The molecule has 2 aromatic rings. The summed E-state index contributed by atoms with van der Waals surface area (Å²) in [6, 6.07) is 11.4. The summed E-state index contributed by atoms with van der Waals surface area (Å²) in [5, 5.41) is 13.9. The van der Waals surface area contributed by atoms with Gasteiger partial charge in [0.2, 0.25) is 5.91 Å². The largest absolute Gasteiger partial charge is 0.464 e. The number of amides is 1. The molecule has 0 saturated carbocycles. The van der Waals surface area contributed by atoms with Gasteiger partial charge in [0.15, 0.2) is 0 Å². The quantitative estimate of drug-likeness (QED) is 0.323. The van der Waals surface area contributed by atoms with E-state index in [9.17, 15) is 19.7 Å². The van der Waals surface area contributed by atoms with E-state index in [4.69, 9.17) is 10.5 Å². The number of anilines is 1. The summed E-state index contributed by atoms with van der Waals surface area (Å²) in [6.45, 7) is 2.19. The van der Waals surface area contributed by atoms with Crippen LogP contribution in [0.3, 0.4) is 0 Å². The summed E-state index contributed by atoms with van der Waals surface area (Å²) in [4.78, 5) is 33.4. The van der Waals surface area contributed by atoms with E-state index < -0.39 is 10.8 Å². The van der Waals surface area contributed by atoms with Crippen molar-refractivity contribution in [2.45, 2.75) is 13.3 Å². The fourth-order valence-electron chi connectivity index (χ4n) is 2.38. The van der Waals surface area contributed by atoms with Crippen LogP contribution in [-0.2, 0) is 16.0 Å². The summed E-state index contributed by atoms with van der Waals surface area (Å²) < 4.78 is 5.12. The zero-order valence-corrected chi connectivity index (χ0v) is 14.2. The first-order valence-corrected chi connectivity index (χ1v) is 7.90. The number of carbonyl (C=O) groups is 2. The molecule has 2 aromatic carbocycles. The zero-order chi connectivity index (χ0) is 19.1. The van der Waals surface area contributed by atoms with Gasteiger partial charge in [-0.05, 0) is 24.6 Å². The zero-order valence-electron chi connectivity index (χ0n) is 14.2. The second-order valence-corrected chi connectivity index (χ2v) is 5.67. The number of aryl methyl sites for hydroxylation is 1. The number of nitro benzene ring substituents is 1. The summed E-state index contributed by atoms with van der Waals surface area (Å²) >= 11 is 0. The number of nitrogens with two attached hydrogens (primary N) is 1. The van der Waals surface area contributed by atoms with Crippen LogP contribution < -0.4 is 11.1 Å². The molecule has 0 aromatic heterocycles. The summed E-state index contributed by atoms with van der Waals surface area (Å²) in [6.07, 6.45) is 0.162. The highest BCUT2D eigenvalue weighted by atomic mass is 16.6. The maximum atomic E-state index is 11.8. The Morgan fingerprint density at radius 1 is 1.23 bits per heavy atom. The molecule has 0 aliphatic rings. The van der Waals surface area contributed by atoms with Crippen molar-refractivity contribution in [3.8, 4) is 0 Å². The lowest BCUT2D eigenvalue weighted by Gasteiger charge is -2.09. The third kappa shape index (κ3) is 5.30. The molecule has 0 atom stereocenters. The van der Waals surface area contributed by atoms with Crippen LogP contribution in [0, 0.1) is 17.0 Å². The van der Waals surface area contributed by atoms with Crippen molar-refractivity contribution >= 4 is 23.3 Å². The van der Waals surface area contributed by atoms with E-state index in [1.807, 2.05) is 31.2 Å². The Kier molecular flexibility index (Phi) is 6.26. The first-order chi connectivity index (χ1) is 12.4. The van der Waals surface area contributed by atoms with Gasteiger partial charge < -0.3 is 15.8 Å². The number of nitrogens with zero attached hydrogens (tertiary/aromatic N) is 1. The first kappa shape index (κ1) is 18.9. The van der Waals surface area contributed by atoms with Crippen molar-refractivity contribution in [1.82, 2.24) is 0 Å². The molecular formula is C18H19N3O5. The fraction of sp³-hybridized carbons (Fsp3) is 0.222. The van der Waals surface area contributed by atoms with Crippen LogP contribution in [0.5, 0.6) is 0 Å². The highest BCUT2D eigenvalue weighted by Gasteiger charge is 2.16. The number of primary amides is 1. The normalized spacial score (nSPS) is 10.2. The molecule has 0 spiro atoms. The molecule has 0 saturated heterocycles. The molecule has 8 heteroatoms. The minimum absolute atomic E-state index is 0.0480. The van der Waals surface area contributed by atoms with Crippen LogP contribution in [0.25, 0.3) is 0 Å². The van der Waals surface area contributed by atoms with E-state index >= 15 is 0 Å². The van der Waals surface area contributed by atoms with Crippen molar-refractivity contribution < 1.29 is 19.2 Å². The molecular weight excluding hydrogens is 338 g/mol. The van der Waals surface area contributed by atoms with Crippen molar-refractivity contribution in [2.24, 2.45) is 5.73 Å². The minimum Gasteiger partial charge on any atom is -0.464 e. The second-order valence-electron chi connectivity index (χ2n) is 5.67. The van der Waals surface area contributed by atoms with E-state index in [1.165, 1.54) is 12.1 Å². The molecule has 3 N–H and O–H groups in total. The average molecular weight is 357 g/mol. The standard InChI is InChI=1S/C18H19N3O5/c1-12-3-2-4-13(9-12)10-17(22)26-8-7-20-15-6-5-14(18(19)23)11-16(15)21(24)25/h2-6,9,11,20H,7-8,10H2,1H3,(H2,19,23). The number of benzene rings is 2. The highest BCUT2D eigenvalue weighted by Crippen LogP contribution is 2.25. The third-order valence-corrected chi connectivity index (χ3v) is 3.59. The van der Waals surface area contributed by atoms with E-state index in [1.54, 1.807) is 0 Å². The van der Waals surface area contributed by atoms with E-state index in [2.05, 4.69) is 5.32 Å². The van der Waals surface area contributed by atoms with Gasteiger partial charge in [0, 0.05) is 18.2 Å². The molecule has 0 heterocycles. The summed E-state index contributed by atoms with van der Waals surface area (Å²) in [5.74, 6) is -1.12. The number of carbonyl (C=O) groups excluding carboxylic acids is 2. The van der Waals surface area contributed by atoms with Crippen LogP contribution in [0.2, 0.25) is 0 Å². The van der Waals surface area contributed by atoms with Gasteiger partial charge in [0.05, 0.1) is 11.3 Å². The average Bonchev–Trinajstić information content (AvgIpc) is 2.58. The molecule has 0 radical (unpaired) electrons. The summed E-state index contributed by atoms with van der Waals surface area (Å²) in [7, 11) is 0. The van der Waals surface area contributed by atoms with Gasteiger partial charge in [-0.2, -0.15) is 0 Å². The highest BCUT2D eigenvalue weighted by molar-refractivity contribution is 5.94. The lowest BCUT2D eigenvalue weighted by atomic mass is 10.1. The van der Waals surface area contributed by atoms with Crippen LogP contribution in [0.4, 0.5) is 11.4 Å². The maximum absolute atomic E-state index is 11.8. The van der Waals surface area contributed by atoms with Gasteiger partial charge >= 0.3 is 5.97 Å². The molecule has 0 fully saturated rings.